The highest BCUT2D eigenvalue weighted by Gasteiger charge is 2.13. The van der Waals surface area contributed by atoms with Crippen LogP contribution >= 0.6 is 23.5 Å². The molecular formula is C19H22N2O2S2. The molecule has 0 saturated carbocycles. The lowest BCUT2D eigenvalue weighted by molar-refractivity contribution is -0.125. The highest BCUT2D eigenvalue weighted by atomic mass is 32.2. The fourth-order valence-corrected chi connectivity index (χ4v) is 3.81. The molecule has 4 nitrogen and oxygen atoms in total. The minimum absolute atomic E-state index is 0.0273. The Kier molecular flexibility index (Phi) is 7.88. The van der Waals surface area contributed by atoms with Crippen molar-refractivity contribution in [3.05, 3.63) is 60.2 Å². The number of carbonyl (C=O) groups excluding carboxylic acids is 2. The maximum Gasteiger partial charge on any atom is 0.252 e. The molecule has 132 valence electrons. The Labute approximate surface area is 157 Å². The number of thioether (sulfide) groups is 2. The summed E-state index contributed by atoms with van der Waals surface area (Å²) in [5.41, 5.74) is 0.615. The average Bonchev–Trinajstić information content (AvgIpc) is 2.64. The lowest BCUT2D eigenvalue weighted by Gasteiger charge is -2.12. The van der Waals surface area contributed by atoms with Gasteiger partial charge in [0.05, 0.1) is 11.3 Å². The smallest absolute Gasteiger partial charge is 0.252 e. The molecule has 2 amide bonds. The van der Waals surface area contributed by atoms with Crippen molar-refractivity contribution in [2.45, 2.75) is 9.79 Å². The van der Waals surface area contributed by atoms with Gasteiger partial charge in [0.2, 0.25) is 5.91 Å². The van der Waals surface area contributed by atoms with Gasteiger partial charge in [0.25, 0.3) is 5.91 Å². The molecule has 0 saturated heterocycles. The summed E-state index contributed by atoms with van der Waals surface area (Å²) < 4.78 is 0. The van der Waals surface area contributed by atoms with Gasteiger partial charge >= 0.3 is 0 Å². The topological polar surface area (TPSA) is 49.4 Å². The second-order valence-electron chi connectivity index (χ2n) is 5.49. The number of nitrogens with zero attached hydrogens (tertiary/aromatic N) is 1. The molecule has 0 aromatic heterocycles. The van der Waals surface area contributed by atoms with E-state index >= 15 is 0 Å². The van der Waals surface area contributed by atoms with E-state index in [-0.39, 0.29) is 11.8 Å². The second kappa shape index (κ2) is 10.2. The van der Waals surface area contributed by atoms with Crippen LogP contribution in [0.2, 0.25) is 0 Å². The van der Waals surface area contributed by atoms with Crippen molar-refractivity contribution in [2.75, 3.05) is 32.1 Å². The van der Waals surface area contributed by atoms with Gasteiger partial charge in [0, 0.05) is 36.2 Å². The molecule has 0 bridgehead atoms. The van der Waals surface area contributed by atoms with E-state index in [1.165, 1.54) is 16.7 Å². The van der Waals surface area contributed by atoms with Gasteiger partial charge in [-0.25, -0.2) is 0 Å². The fraction of sp³-hybridized carbons (Fsp3) is 0.263. The van der Waals surface area contributed by atoms with Crippen molar-refractivity contribution in [1.29, 1.82) is 0 Å². The minimum atomic E-state index is -0.103. The molecule has 0 aliphatic rings. The molecule has 0 radical (unpaired) electrons. The van der Waals surface area contributed by atoms with Crippen molar-refractivity contribution >= 4 is 35.3 Å². The first-order valence-electron chi connectivity index (χ1n) is 7.96. The molecule has 2 rings (SSSR count). The molecule has 0 aliphatic heterocycles. The van der Waals surface area contributed by atoms with E-state index in [1.54, 1.807) is 36.8 Å². The summed E-state index contributed by atoms with van der Waals surface area (Å²) in [5, 5.41) is 2.95. The van der Waals surface area contributed by atoms with Gasteiger partial charge in [-0.05, 0) is 24.3 Å². The fourth-order valence-electron chi connectivity index (χ4n) is 1.99. The van der Waals surface area contributed by atoms with E-state index in [0.717, 1.165) is 10.6 Å². The van der Waals surface area contributed by atoms with Crippen LogP contribution < -0.4 is 5.32 Å². The van der Waals surface area contributed by atoms with Gasteiger partial charge in [-0.2, -0.15) is 0 Å². The Morgan fingerprint density at radius 3 is 2.36 bits per heavy atom. The van der Waals surface area contributed by atoms with Gasteiger partial charge in [-0.15, -0.1) is 23.5 Å². The van der Waals surface area contributed by atoms with Crippen molar-refractivity contribution < 1.29 is 9.59 Å². The highest BCUT2D eigenvalue weighted by molar-refractivity contribution is 8.00. The number of amides is 2. The molecule has 2 aromatic carbocycles. The summed E-state index contributed by atoms with van der Waals surface area (Å²) in [6.07, 6.45) is 0. The number of carbonyl (C=O) groups is 2. The molecule has 0 unspecified atom stereocenters. The van der Waals surface area contributed by atoms with E-state index < -0.39 is 0 Å². The van der Waals surface area contributed by atoms with Crippen LogP contribution in [0.5, 0.6) is 0 Å². The van der Waals surface area contributed by atoms with Crippen LogP contribution in [0.1, 0.15) is 10.4 Å². The van der Waals surface area contributed by atoms with Crippen LogP contribution in [0, 0.1) is 0 Å². The number of rotatable bonds is 8. The second-order valence-corrected chi connectivity index (χ2v) is 7.68. The Balaban J connectivity index is 1.85. The van der Waals surface area contributed by atoms with Crippen LogP contribution in [-0.4, -0.2) is 48.9 Å². The quantitative estimate of drug-likeness (QED) is 0.568. The molecule has 2 aromatic rings. The zero-order valence-corrected chi connectivity index (χ0v) is 16.0. The molecular weight excluding hydrogens is 352 g/mol. The lowest BCUT2D eigenvalue weighted by Crippen LogP contribution is -2.26. The third-order valence-electron chi connectivity index (χ3n) is 3.38. The maximum atomic E-state index is 12.4. The Morgan fingerprint density at radius 2 is 1.64 bits per heavy atom. The number of benzene rings is 2. The Bertz CT molecular complexity index is 706. The van der Waals surface area contributed by atoms with Crippen LogP contribution in [0.15, 0.2) is 64.4 Å². The van der Waals surface area contributed by atoms with Gasteiger partial charge in [-0.3, -0.25) is 9.59 Å². The average molecular weight is 375 g/mol. The maximum absolute atomic E-state index is 12.4. The lowest BCUT2D eigenvalue weighted by atomic mass is 10.2. The highest BCUT2D eigenvalue weighted by Crippen LogP contribution is 2.23. The van der Waals surface area contributed by atoms with E-state index in [1.807, 2.05) is 36.4 Å². The van der Waals surface area contributed by atoms with Crippen molar-refractivity contribution in [3.63, 3.8) is 0 Å². The van der Waals surface area contributed by atoms with Crippen LogP contribution in [0.3, 0.4) is 0 Å². The SMILES string of the molecule is CN(C)C(=O)CSc1ccccc1C(=O)NCCSc1ccccc1. The van der Waals surface area contributed by atoms with Crippen LogP contribution in [0.25, 0.3) is 0 Å². The molecule has 0 fully saturated rings. The zero-order valence-electron chi connectivity index (χ0n) is 14.4. The number of hydrogen-bond acceptors (Lipinski definition) is 4. The van der Waals surface area contributed by atoms with Crippen molar-refractivity contribution in [2.24, 2.45) is 0 Å². The minimum Gasteiger partial charge on any atom is -0.351 e. The first kappa shape index (κ1) is 19.4. The molecule has 25 heavy (non-hydrogen) atoms. The summed E-state index contributed by atoms with van der Waals surface area (Å²) in [5.74, 6) is 1.05. The first-order chi connectivity index (χ1) is 12.1. The summed E-state index contributed by atoms with van der Waals surface area (Å²) in [4.78, 5) is 27.7. The third-order valence-corrected chi connectivity index (χ3v) is 5.45. The molecule has 0 atom stereocenters. The zero-order chi connectivity index (χ0) is 18.1. The number of nitrogens with one attached hydrogen (secondary N) is 1. The van der Waals surface area contributed by atoms with Crippen LogP contribution in [0.4, 0.5) is 0 Å². The number of hydrogen-bond donors (Lipinski definition) is 1. The summed E-state index contributed by atoms with van der Waals surface area (Å²) >= 11 is 3.10. The van der Waals surface area contributed by atoms with Crippen molar-refractivity contribution in [3.8, 4) is 0 Å². The predicted octanol–water partition coefficient (Wildman–Crippen LogP) is 3.39. The monoisotopic (exact) mass is 374 g/mol. The first-order valence-corrected chi connectivity index (χ1v) is 9.93. The molecule has 0 aliphatic carbocycles. The van der Waals surface area contributed by atoms with Gasteiger partial charge in [-0.1, -0.05) is 30.3 Å². The summed E-state index contributed by atoms with van der Waals surface area (Å²) in [7, 11) is 3.46. The predicted molar refractivity (Wildman–Crippen MR) is 105 cm³/mol. The molecule has 1 N–H and O–H groups in total. The normalized spacial score (nSPS) is 10.3. The third kappa shape index (κ3) is 6.48. The summed E-state index contributed by atoms with van der Waals surface area (Å²) in [6, 6.07) is 17.5. The van der Waals surface area contributed by atoms with Crippen molar-refractivity contribution in [1.82, 2.24) is 10.2 Å². The van der Waals surface area contributed by atoms with Gasteiger partial charge in [0.1, 0.15) is 0 Å². The van der Waals surface area contributed by atoms with E-state index in [4.69, 9.17) is 0 Å². The van der Waals surface area contributed by atoms with Gasteiger partial charge < -0.3 is 10.2 Å². The summed E-state index contributed by atoms with van der Waals surface area (Å²) in [6.45, 7) is 0.591. The Hall–Kier alpha value is -1.92. The Morgan fingerprint density at radius 1 is 0.960 bits per heavy atom. The molecule has 6 heteroatoms. The largest absolute Gasteiger partial charge is 0.351 e. The molecule has 0 heterocycles. The van der Waals surface area contributed by atoms with E-state index in [9.17, 15) is 9.59 Å². The molecule has 0 spiro atoms. The van der Waals surface area contributed by atoms with Crippen LogP contribution in [-0.2, 0) is 4.79 Å². The van der Waals surface area contributed by atoms with E-state index in [0.29, 0.717) is 17.9 Å². The standard InChI is InChI=1S/C19H22N2O2S2/c1-21(2)18(22)14-25-17-11-7-6-10-16(17)19(23)20-12-13-24-15-8-4-3-5-9-15/h3-11H,12-14H2,1-2H3,(H,20,23). The van der Waals surface area contributed by atoms with Gasteiger partial charge in [0.15, 0.2) is 0 Å². The van der Waals surface area contributed by atoms with E-state index in [2.05, 4.69) is 17.4 Å².